The Morgan fingerprint density at radius 2 is 2.08 bits per heavy atom. The van der Waals surface area contributed by atoms with Crippen molar-refractivity contribution in [2.75, 3.05) is 19.6 Å². The summed E-state index contributed by atoms with van der Waals surface area (Å²) in [6, 6.07) is 1.70. The van der Waals surface area contributed by atoms with E-state index in [0.717, 1.165) is 32.4 Å². The summed E-state index contributed by atoms with van der Waals surface area (Å²) in [4.78, 5) is 30.2. The van der Waals surface area contributed by atoms with Gasteiger partial charge in [0.1, 0.15) is 18.3 Å². The number of hydrogen-bond donors (Lipinski definition) is 1. The van der Waals surface area contributed by atoms with Crippen molar-refractivity contribution in [3.63, 3.8) is 0 Å². The maximum atomic E-state index is 12.3. The van der Waals surface area contributed by atoms with Crippen LogP contribution in [0.5, 0.6) is 0 Å². The Bertz CT molecular complexity index is 717. The number of aromatic nitrogens is 5. The van der Waals surface area contributed by atoms with Crippen LogP contribution >= 0.6 is 0 Å². The lowest BCUT2D eigenvalue weighted by atomic mass is 9.96. The van der Waals surface area contributed by atoms with Crippen molar-refractivity contribution in [3.8, 4) is 0 Å². The Hall–Kier alpha value is -2.71. The van der Waals surface area contributed by atoms with Gasteiger partial charge in [0, 0.05) is 45.8 Å². The molecule has 0 atom stereocenters. The Labute approximate surface area is 152 Å². The molecule has 0 spiro atoms. The number of amides is 2. The second-order valence-electron chi connectivity index (χ2n) is 6.64. The largest absolute Gasteiger partial charge is 0.350 e. The smallest absolute Gasteiger partial charge is 0.269 e. The van der Waals surface area contributed by atoms with Gasteiger partial charge < -0.3 is 10.2 Å². The molecule has 3 rings (SSSR count). The van der Waals surface area contributed by atoms with Crippen LogP contribution in [0.4, 0.5) is 0 Å². The van der Waals surface area contributed by atoms with Crippen LogP contribution in [0.25, 0.3) is 0 Å². The fourth-order valence-electron chi connectivity index (χ4n) is 3.21. The van der Waals surface area contributed by atoms with Gasteiger partial charge in [-0.2, -0.15) is 10.2 Å². The number of carbonyl (C=O) groups is 2. The molecule has 1 saturated heterocycles. The van der Waals surface area contributed by atoms with E-state index in [1.54, 1.807) is 35.0 Å². The Morgan fingerprint density at radius 3 is 2.73 bits per heavy atom. The van der Waals surface area contributed by atoms with Crippen LogP contribution in [0.15, 0.2) is 24.9 Å². The van der Waals surface area contributed by atoms with Gasteiger partial charge in [-0.3, -0.25) is 19.0 Å². The summed E-state index contributed by atoms with van der Waals surface area (Å²) < 4.78 is 3.31. The minimum absolute atomic E-state index is 0.100. The second-order valence-corrected chi connectivity index (χ2v) is 6.64. The quantitative estimate of drug-likeness (QED) is 0.774. The Balaban J connectivity index is 1.34. The summed E-state index contributed by atoms with van der Waals surface area (Å²) in [6.45, 7) is 2.86. The third-order valence-corrected chi connectivity index (χ3v) is 4.82. The van der Waals surface area contributed by atoms with Gasteiger partial charge in [0.05, 0.1) is 0 Å². The van der Waals surface area contributed by atoms with Crippen LogP contribution in [0.3, 0.4) is 0 Å². The molecule has 0 saturated carbocycles. The predicted molar refractivity (Wildman–Crippen MR) is 94.1 cm³/mol. The van der Waals surface area contributed by atoms with E-state index < -0.39 is 0 Å². The molecule has 2 aromatic rings. The highest BCUT2D eigenvalue weighted by Crippen LogP contribution is 2.17. The fraction of sp³-hybridized carbons (Fsp3) is 0.588. The number of aryl methyl sites for hydroxylation is 2. The number of carbonyl (C=O) groups excluding carboxylic acids is 2. The summed E-state index contributed by atoms with van der Waals surface area (Å²) in [5.74, 6) is 0.505. The van der Waals surface area contributed by atoms with E-state index in [-0.39, 0.29) is 11.8 Å². The molecule has 2 aromatic heterocycles. The zero-order valence-corrected chi connectivity index (χ0v) is 15.0. The molecule has 0 unspecified atom stereocenters. The van der Waals surface area contributed by atoms with Crippen LogP contribution in [-0.4, -0.2) is 60.9 Å². The molecular formula is C17H25N7O2. The van der Waals surface area contributed by atoms with Crippen molar-refractivity contribution in [2.45, 2.75) is 32.2 Å². The summed E-state index contributed by atoms with van der Waals surface area (Å²) in [7, 11) is 1.75. The van der Waals surface area contributed by atoms with Crippen LogP contribution in [0.1, 0.15) is 36.2 Å². The SMILES string of the molecule is Cn1nccc1C(=O)NCC1CCN(C(=O)CCCn2cncn2)CC1. The first-order valence-electron chi connectivity index (χ1n) is 9.00. The maximum Gasteiger partial charge on any atom is 0.269 e. The molecule has 0 radical (unpaired) electrons. The standard InChI is InChI=1S/C17H25N7O2/c1-22-15(4-7-20-22)17(26)19-11-14-5-9-23(10-6-14)16(25)3-2-8-24-13-18-12-21-24/h4,7,12-14H,2-3,5-6,8-11H2,1H3,(H,19,26). The number of piperidine rings is 1. The molecule has 1 fully saturated rings. The lowest BCUT2D eigenvalue weighted by Gasteiger charge is -2.32. The van der Waals surface area contributed by atoms with Gasteiger partial charge in [0.25, 0.3) is 5.91 Å². The molecule has 0 aromatic carbocycles. The number of nitrogens with one attached hydrogen (secondary N) is 1. The summed E-state index contributed by atoms with van der Waals surface area (Å²) >= 11 is 0. The highest BCUT2D eigenvalue weighted by molar-refractivity contribution is 5.92. The first-order chi connectivity index (χ1) is 12.6. The normalized spacial score (nSPS) is 15.2. The van der Waals surface area contributed by atoms with Crippen molar-refractivity contribution in [3.05, 3.63) is 30.6 Å². The van der Waals surface area contributed by atoms with E-state index in [1.807, 2.05) is 4.90 Å². The van der Waals surface area contributed by atoms with Gasteiger partial charge in [-0.25, -0.2) is 4.98 Å². The Kier molecular flexibility index (Phi) is 5.98. The first kappa shape index (κ1) is 18.1. The zero-order chi connectivity index (χ0) is 18.4. The van der Waals surface area contributed by atoms with Gasteiger partial charge >= 0.3 is 0 Å². The minimum Gasteiger partial charge on any atom is -0.350 e. The molecule has 1 aliphatic rings. The Morgan fingerprint density at radius 1 is 1.27 bits per heavy atom. The maximum absolute atomic E-state index is 12.3. The fourth-order valence-corrected chi connectivity index (χ4v) is 3.21. The summed E-state index contributed by atoms with van der Waals surface area (Å²) in [5, 5.41) is 11.0. The zero-order valence-electron chi connectivity index (χ0n) is 15.0. The van der Waals surface area contributed by atoms with Crippen molar-refractivity contribution in [2.24, 2.45) is 13.0 Å². The van der Waals surface area contributed by atoms with Gasteiger partial charge in [-0.05, 0) is 31.2 Å². The first-order valence-corrected chi connectivity index (χ1v) is 9.00. The molecule has 26 heavy (non-hydrogen) atoms. The number of hydrogen-bond acceptors (Lipinski definition) is 5. The van der Waals surface area contributed by atoms with E-state index in [2.05, 4.69) is 20.5 Å². The van der Waals surface area contributed by atoms with Crippen molar-refractivity contribution in [1.82, 2.24) is 34.8 Å². The van der Waals surface area contributed by atoms with E-state index in [1.165, 1.54) is 6.33 Å². The molecule has 9 nitrogen and oxygen atoms in total. The highest BCUT2D eigenvalue weighted by atomic mass is 16.2. The molecule has 1 N–H and O–H groups in total. The topological polar surface area (TPSA) is 97.9 Å². The lowest BCUT2D eigenvalue weighted by molar-refractivity contribution is -0.132. The highest BCUT2D eigenvalue weighted by Gasteiger charge is 2.23. The molecule has 140 valence electrons. The third kappa shape index (κ3) is 4.68. The van der Waals surface area contributed by atoms with Crippen molar-refractivity contribution in [1.29, 1.82) is 0 Å². The molecular weight excluding hydrogens is 334 g/mol. The van der Waals surface area contributed by atoms with Crippen molar-refractivity contribution < 1.29 is 9.59 Å². The number of nitrogens with zero attached hydrogens (tertiary/aromatic N) is 6. The minimum atomic E-state index is -0.100. The molecule has 2 amide bonds. The van der Waals surface area contributed by atoms with Gasteiger partial charge in [0.15, 0.2) is 0 Å². The van der Waals surface area contributed by atoms with Crippen molar-refractivity contribution >= 4 is 11.8 Å². The van der Waals surface area contributed by atoms with Gasteiger partial charge in [0.2, 0.25) is 5.91 Å². The predicted octanol–water partition coefficient (Wildman–Crippen LogP) is 0.460. The third-order valence-electron chi connectivity index (χ3n) is 4.82. The number of rotatable bonds is 7. The van der Waals surface area contributed by atoms with Gasteiger partial charge in [-0.1, -0.05) is 0 Å². The number of likely N-dealkylation sites (tertiary alicyclic amines) is 1. The van der Waals surface area contributed by atoms with E-state index in [9.17, 15) is 9.59 Å². The molecule has 9 heteroatoms. The monoisotopic (exact) mass is 359 g/mol. The summed E-state index contributed by atoms with van der Waals surface area (Å²) in [5.41, 5.74) is 0.560. The van der Waals surface area contributed by atoms with Crippen LogP contribution in [-0.2, 0) is 18.4 Å². The van der Waals surface area contributed by atoms with Crippen LogP contribution < -0.4 is 5.32 Å². The molecule has 1 aliphatic heterocycles. The molecule has 0 aliphatic carbocycles. The average molecular weight is 359 g/mol. The summed E-state index contributed by atoms with van der Waals surface area (Å²) in [6.07, 6.45) is 7.91. The average Bonchev–Trinajstić information content (AvgIpc) is 3.31. The van der Waals surface area contributed by atoms with Crippen LogP contribution in [0.2, 0.25) is 0 Å². The van der Waals surface area contributed by atoms with E-state index in [4.69, 9.17) is 0 Å². The lowest BCUT2D eigenvalue weighted by Crippen LogP contribution is -2.41. The van der Waals surface area contributed by atoms with Crippen LogP contribution in [0, 0.1) is 5.92 Å². The second kappa shape index (κ2) is 8.59. The molecule has 3 heterocycles. The van der Waals surface area contributed by atoms with E-state index in [0.29, 0.717) is 31.1 Å². The van der Waals surface area contributed by atoms with E-state index >= 15 is 0 Å². The molecule has 0 bridgehead atoms. The van der Waals surface area contributed by atoms with Gasteiger partial charge in [-0.15, -0.1) is 0 Å².